The molecule has 122 valence electrons. The summed E-state index contributed by atoms with van der Waals surface area (Å²) in [5.74, 6) is 0. The van der Waals surface area contributed by atoms with Gasteiger partial charge in [0.05, 0.1) is 12.2 Å². The second-order valence-electron chi connectivity index (χ2n) is 5.97. The molecule has 3 heterocycles. The third-order valence-corrected chi connectivity index (χ3v) is 4.89. The zero-order valence-corrected chi connectivity index (χ0v) is 14.3. The van der Waals surface area contributed by atoms with E-state index >= 15 is 0 Å². The molecule has 0 amide bonds. The van der Waals surface area contributed by atoms with E-state index in [1.165, 1.54) is 11.3 Å². The van der Waals surface area contributed by atoms with Crippen molar-refractivity contribution in [3.8, 4) is 22.4 Å². The minimum absolute atomic E-state index is 0.817. The van der Waals surface area contributed by atoms with Gasteiger partial charge in [0, 0.05) is 41.6 Å². The molecule has 24 heavy (non-hydrogen) atoms. The van der Waals surface area contributed by atoms with Crippen molar-refractivity contribution in [2.45, 2.75) is 26.4 Å². The van der Waals surface area contributed by atoms with Crippen LogP contribution in [0.2, 0.25) is 5.02 Å². The predicted octanol–water partition coefficient (Wildman–Crippen LogP) is 3.93. The molecule has 0 unspecified atom stereocenters. The Bertz CT molecular complexity index is 871. The topological polar surface area (TPSA) is 42.7 Å². The molecular weight excluding hydrogens is 320 g/mol. The number of hydrogen-bond acceptors (Lipinski definition) is 3. The van der Waals surface area contributed by atoms with Crippen LogP contribution in [0.4, 0.5) is 0 Å². The fraction of sp³-hybridized carbons (Fsp3) is 0.263. The Labute approximate surface area is 146 Å². The van der Waals surface area contributed by atoms with Crippen LogP contribution < -0.4 is 5.32 Å². The summed E-state index contributed by atoms with van der Waals surface area (Å²) in [6.07, 6.45) is 4.57. The van der Waals surface area contributed by atoms with Crippen molar-refractivity contribution < 1.29 is 0 Å². The third kappa shape index (κ3) is 2.62. The Morgan fingerprint density at radius 2 is 2.00 bits per heavy atom. The highest BCUT2D eigenvalue weighted by Gasteiger charge is 2.22. The molecule has 0 bridgehead atoms. The number of benzene rings is 1. The molecule has 1 N–H and O–H groups in total. The number of halogens is 1. The summed E-state index contributed by atoms with van der Waals surface area (Å²) in [5.41, 5.74) is 6.86. The fourth-order valence-corrected chi connectivity index (χ4v) is 3.52. The number of pyridine rings is 1. The molecule has 0 saturated carbocycles. The third-order valence-electron chi connectivity index (χ3n) is 4.52. The first-order valence-electron chi connectivity index (χ1n) is 8.27. The summed E-state index contributed by atoms with van der Waals surface area (Å²) in [4.78, 5) is 4.15. The van der Waals surface area contributed by atoms with Crippen LogP contribution in [0.25, 0.3) is 22.4 Å². The molecule has 3 aromatic rings. The van der Waals surface area contributed by atoms with Crippen LogP contribution in [0.15, 0.2) is 42.7 Å². The second kappa shape index (κ2) is 6.38. The lowest BCUT2D eigenvalue weighted by atomic mass is 9.97. The maximum absolute atomic E-state index is 6.30. The fourth-order valence-electron chi connectivity index (χ4n) is 3.27. The van der Waals surface area contributed by atoms with Gasteiger partial charge in [-0.25, -0.2) is 0 Å². The molecule has 4 rings (SSSR count). The molecule has 1 aliphatic rings. The highest BCUT2D eigenvalue weighted by atomic mass is 35.5. The molecular formula is C19H19ClN4. The lowest BCUT2D eigenvalue weighted by molar-refractivity contribution is 0.477. The van der Waals surface area contributed by atoms with Crippen LogP contribution in [0.1, 0.15) is 18.2 Å². The summed E-state index contributed by atoms with van der Waals surface area (Å²) < 4.78 is 2.13. The summed E-state index contributed by atoms with van der Waals surface area (Å²) >= 11 is 6.30. The van der Waals surface area contributed by atoms with E-state index in [2.05, 4.69) is 34.0 Å². The summed E-state index contributed by atoms with van der Waals surface area (Å²) in [6, 6.07) is 10.3. The van der Waals surface area contributed by atoms with Crippen LogP contribution >= 0.6 is 11.6 Å². The maximum Gasteiger partial charge on any atom is 0.100 e. The van der Waals surface area contributed by atoms with Gasteiger partial charge in [-0.2, -0.15) is 5.10 Å². The zero-order chi connectivity index (χ0) is 16.5. The second-order valence-corrected chi connectivity index (χ2v) is 6.37. The predicted molar refractivity (Wildman–Crippen MR) is 97.0 cm³/mol. The highest BCUT2D eigenvalue weighted by molar-refractivity contribution is 6.31. The number of rotatable bonds is 3. The van der Waals surface area contributed by atoms with Crippen molar-refractivity contribution in [2.24, 2.45) is 0 Å². The highest BCUT2D eigenvalue weighted by Crippen LogP contribution is 2.36. The summed E-state index contributed by atoms with van der Waals surface area (Å²) in [7, 11) is 0. The van der Waals surface area contributed by atoms with Gasteiger partial charge in [-0.3, -0.25) is 9.67 Å². The first kappa shape index (κ1) is 15.4. The van der Waals surface area contributed by atoms with E-state index in [1.54, 1.807) is 0 Å². The van der Waals surface area contributed by atoms with Gasteiger partial charge in [-0.05, 0) is 41.8 Å². The maximum atomic E-state index is 6.30. The van der Waals surface area contributed by atoms with E-state index in [0.717, 1.165) is 53.5 Å². The first-order chi connectivity index (χ1) is 11.8. The van der Waals surface area contributed by atoms with Gasteiger partial charge in [0.2, 0.25) is 0 Å². The average molecular weight is 339 g/mol. The Hall–Kier alpha value is -2.17. The Kier molecular flexibility index (Phi) is 4.08. The van der Waals surface area contributed by atoms with Gasteiger partial charge in [0.25, 0.3) is 0 Å². The van der Waals surface area contributed by atoms with E-state index in [4.69, 9.17) is 16.7 Å². The molecule has 0 fully saturated rings. The molecule has 5 heteroatoms. The standard InChI is InChI=1S/C19H19ClN4/c1-2-13-11-15(3-4-16(13)20)19-18(14-5-7-21-8-6-14)17-12-22-9-10-24(17)23-19/h3-8,11,22H,2,9-10,12H2,1H3. The minimum Gasteiger partial charge on any atom is -0.309 e. The Balaban J connectivity index is 1.94. The average Bonchev–Trinajstić information content (AvgIpc) is 3.02. The number of hydrogen-bond donors (Lipinski definition) is 1. The van der Waals surface area contributed by atoms with Crippen molar-refractivity contribution >= 4 is 11.6 Å². The Morgan fingerprint density at radius 1 is 1.17 bits per heavy atom. The number of aryl methyl sites for hydroxylation is 1. The molecule has 0 saturated heterocycles. The van der Waals surface area contributed by atoms with Crippen LogP contribution in [-0.2, 0) is 19.5 Å². The molecule has 0 aliphatic carbocycles. The van der Waals surface area contributed by atoms with E-state index < -0.39 is 0 Å². The largest absolute Gasteiger partial charge is 0.309 e. The van der Waals surface area contributed by atoms with Gasteiger partial charge in [0.15, 0.2) is 0 Å². The number of nitrogens with one attached hydrogen (secondary N) is 1. The van der Waals surface area contributed by atoms with Gasteiger partial charge >= 0.3 is 0 Å². The normalized spacial score (nSPS) is 13.8. The molecule has 0 spiro atoms. The summed E-state index contributed by atoms with van der Waals surface area (Å²) in [5, 5.41) is 9.18. The van der Waals surface area contributed by atoms with Crippen LogP contribution in [0.5, 0.6) is 0 Å². The van der Waals surface area contributed by atoms with Gasteiger partial charge in [-0.1, -0.05) is 24.6 Å². The van der Waals surface area contributed by atoms with Gasteiger partial charge < -0.3 is 5.32 Å². The van der Waals surface area contributed by atoms with E-state index in [-0.39, 0.29) is 0 Å². The Morgan fingerprint density at radius 3 is 2.79 bits per heavy atom. The summed E-state index contributed by atoms with van der Waals surface area (Å²) in [6.45, 7) is 4.79. The zero-order valence-electron chi connectivity index (χ0n) is 13.6. The van der Waals surface area contributed by atoms with E-state index in [9.17, 15) is 0 Å². The van der Waals surface area contributed by atoms with Crippen molar-refractivity contribution in [1.29, 1.82) is 0 Å². The van der Waals surface area contributed by atoms with Crippen LogP contribution in [-0.4, -0.2) is 21.3 Å². The molecule has 1 aromatic carbocycles. The van der Waals surface area contributed by atoms with E-state index in [0.29, 0.717) is 0 Å². The monoisotopic (exact) mass is 338 g/mol. The SMILES string of the molecule is CCc1cc(-c2nn3c(c2-c2ccncc2)CNCC3)ccc1Cl. The quantitative estimate of drug-likeness (QED) is 0.786. The van der Waals surface area contributed by atoms with Crippen LogP contribution in [0, 0.1) is 0 Å². The molecule has 4 nitrogen and oxygen atoms in total. The first-order valence-corrected chi connectivity index (χ1v) is 8.65. The van der Waals surface area contributed by atoms with Gasteiger partial charge in [0.1, 0.15) is 5.69 Å². The molecule has 2 aromatic heterocycles. The van der Waals surface area contributed by atoms with Crippen LogP contribution in [0.3, 0.4) is 0 Å². The van der Waals surface area contributed by atoms with Crippen molar-refractivity contribution in [2.75, 3.05) is 6.54 Å². The number of aromatic nitrogens is 3. The molecule has 0 atom stereocenters. The lowest BCUT2D eigenvalue weighted by Crippen LogP contribution is -2.28. The van der Waals surface area contributed by atoms with Gasteiger partial charge in [-0.15, -0.1) is 0 Å². The van der Waals surface area contributed by atoms with E-state index in [1.807, 2.05) is 30.6 Å². The smallest absolute Gasteiger partial charge is 0.100 e. The molecule has 1 aliphatic heterocycles. The number of fused-ring (bicyclic) bond motifs is 1. The van der Waals surface area contributed by atoms with Crippen molar-refractivity contribution in [3.05, 3.63) is 59.0 Å². The minimum atomic E-state index is 0.817. The van der Waals surface area contributed by atoms with Crippen molar-refractivity contribution in [3.63, 3.8) is 0 Å². The lowest BCUT2D eigenvalue weighted by Gasteiger charge is -2.16. The number of nitrogens with zero attached hydrogens (tertiary/aromatic N) is 3. The molecule has 0 radical (unpaired) electrons. The van der Waals surface area contributed by atoms with Crippen molar-refractivity contribution in [1.82, 2.24) is 20.1 Å².